The van der Waals surface area contributed by atoms with Crippen molar-refractivity contribution in [1.29, 1.82) is 0 Å². The van der Waals surface area contributed by atoms with Crippen LogP contribution in [0.5, 0.6) is 0 Å². The first-order chi connectivity index (χ1) is 17.2. The van der Waals surface area contributed by atoms with E-state index in [1.807, 2.05) is 60.7 Å². The molecule has 2 aromatic heterocycles. The van der Waals surface area contributed by atoms with Gasteiger partial charge in [-0.05, 0) is 36.4 Å². The van der Waals surface area contributed by atoms with E-state index in [0.29, 0.717) is 16.7 Å². The van der Waals surface area contributed by atoms with E-state index < -0.39 is 0 Å². The molecule has 0 saturated carbocycles. The van der Waals surface area contributed by atoms with Gasteiger partial charge in [0.15, 0.2) is 0 Å². The van der Waals surface area contributed by atoms with Gasteiger partial charge in [0, 0.05) is 33.5 Å². The second kappa shape index (κ2) is 7.30. The summed E-state index contributed by atoms with van der Waals surface area (Å²) in [7, 11) is 0. The lowest BCUT2D eigenvalue weighted by atomic mass is 9.97. The number of nitrogens with zero attached hydrogens (tertiary/aromatic N) is 2. The highest BCUT2D eigenvalue weighted by molar-refractivity contribution is 6.27. The van der Waals surface area contributed by atoms with Gasteiger partial charge in [0.2, 0.25) is 0 Å². The van der Waals surface area contributed by atoms with E-state index in [1.54, 1.807) is 18.2 Å². The molecule has 0 radical (unpaired) electrons. The number of hydrogen-bond donors (Lipinski definition) is 0. The number of aromatic nitrogens is 1. The number of rotatable bonds is 3. The number of nitro groups is 1. The van der Waals surface area contributed by atoms with E-state index in [-0.39, 0.29) is 10.6 Å². The van der Waals surface area contributed by atoms with Gasteiger partial charge in [-0.2, -0.15) is 0 Å². The SMILES string of the molecule is O=[N+]([O-])c1ccccc1-c1cc2c3ccccc3n(-c3ccccc3)c2c2c1oc1ccccc12. The van der Waals surface area contributed by atoms with Crippen molar-refractivity contribution >= 4 is 49.4 Å². The zero-order valence-corrected chi connectivity index (χ0v) is 18.5. The highest BCUT2D eigenvalue weighted by Crippen LogP contribution is 2.46. The van der Waals surface area contributed by atoms with Crippen LogP contribution in [-0.4, -0.2) is 9.49 Å². The molecule has 35 heavy (non-hydrogen) atoms. The van der Waals surface area contributed by atoms with Crippen molar-refractivity contribution in [3.8, 4) is 16.8 Å². The largest absolute Gasteiger partial charge is 0.455 e. The third-order valence-corrected chi connectivity index (χ3v) is 6.68. The Morgan fingerprint density at radius 2 is 1.37 bits per heavy atom. The second-order valence-corrected chi connectivity index (χ2v) is 8.59. The summed E-state index contributed by atoms with van der Waals surface area (Å²) in [5.41, 5.74) is 5.85. The summed E-state index contributed by atoms with van der Waals surface area (Å²) in [5.74, 6) is 0. The van der Waals surface area contributed by atoms with Crippen LogP contribution in [-0.2, 0) is 0 Å². The smallest absolute Gasteiger partial charge is 0.277 e. The standard InChI is InChI=1S/C30H18N2O3/c33-32(34)26-16-8-5-13-21(26)24-18-23-20-12-4-7-15-25(20)31(19-10-2-1-3-11-19)29(23)28-22-14-6-9-17-27(22)35-30(24)28/h1-18H. The van der Waals surface area contributed by atoms with Crippen LogP contribution >= 0.6 is 0 Å². The van der Waals surface area contributed by atoms with Crippen LogP contribution in [0.1, 0.15) is 0 Å². The molecule has 5 heteroatoms. The molecular weight excluding hydrogens is 436 g/mol. The molecule has 2 heterocycles. The summed E-state index contributed by atoms with van der Waals surface area (Å²) in [6.45, 7) is 0. The van der Waals surface area contributed by atoms with E-state index in [4.69, 9.17) is 4.42 Å². The second-order valence-electron chi connectivity index (χ2n) is 8.59. The quantitative estimate of drug-likeness (QED) is 0.199. The molecular formula is C30H18N2O3. The average molecular weight is 454 g/mol. The molecule has 0 N–H and O–H groups in total. The minimum absolute atomic E-state index is 0.0559. The molecule has 5 aromatic carbocycles. The average Bonchev–Trinajstić information content (AvgIpc) is 3.44. The van der Waals surface area contributed by atoms with Gasteiger partial charge in [0.25, 0.3) is 5.69 Å². The highest BCUT2D eigenvalue weighted by atomic mass is 16.6. The van der Waals surface area contributed by atoms with Gasteiger partial charge >= 0.3 is 0 Å². The minimum Gasteiger partial charge on any atom is -0.455 e. The molecule has 0 aliphatic carbocycles. The summed E-state index contributed by atoms with van der Waals surface area (Å²) >= 11 is 0. The lowest BCUT2D eigenvalue weighted by Crippen LogP contribution is -1.95. The number of nitro benzene ring substituents is 1. The van der Waals surface area contributed by atoms with Crippen LogP contribution in [0.15, 0.2) is 114 Å². The number of para-hydroxylation sites is 4. The summed E-state index contributed by atoms with van der Waals surface area (Å²) in [6.07, 6.45) is 0. The molecule has 0 unspecified atom stereocenters. The Kier molecular flexibility index (Phi) is 4.08. The fraction of sp³-hybridized carbons (Fsp3) is 0. The first-order valence-corrected chi connectivity index (χ1v) is 11.4. The van der Waals surface area contributed by atoms with Gasteiger partial charge in [-0.25, -0.2) is 0 Å². The van der Waals surface area contributed by atoms with Gasteiger partial charge in [-0.1, -0.05) is 66.7 Å². The van der Waals surface area contributed by atoms with E-state index in [2.05, 4.69) is 34.9 Å². The van der Waals surface area contributed by atoms with Crippen molar-refractivity contribution < 1.29 is 9.34 Å². The zero-order chi connectivity index (χ0) is 23.5. The van der Waals surface area contributed by atoms with Gasteiger partial charge in [0.05, 0.1) is 26.9 Å². The lowest BCUT2D eigenvalue weighted by molar-refractivity contribution is -0.384. The molecule has 7 aromatic rings. The Bertz CT molecular complexity index is 1930. The normalized spacial score (nSPS) is 11.7. The maximum atomic E-state index is 11.9. The van der Waals surface area contributed by atoms with E-state index in [9.17, 15) is 10.1 Å². The van der Waals surface area contributed by atoms with E-state index in [0.717, 1.165) is 43.8 Å². The minimum atomic E-state index is -0.332. The topological polar surface area (TPSA) is 61.2 Å². The molecule has 0 spiro atoms. The summed E-state index contributed by atoms with van der Waals surface area (Å²) in [5, 5.41) is 16.0. The van der Waals surface area contributed by atoms with Crippen molar-refractivity contribution in [2.45, 2.75) is 0 Å². The van der Waals surface area contributed by atoms with Crippen molar-refractivity contribution in [1.82, 2.24) is 4.57 Å². The van der Waals surface area contributed by atoms with Crippen molar-refractivity contribution in [3.05, 3.63) is 119 Å². The monoisotopic (exact) mass is 454 g/mol. The fourth-order valence-corrected chi connectivity index (χ4v) is 5.24. The molecule has 0 aliphatic rings. The summed E-state index contributed by atoms with van der Waals surface area (Å²) in [4.78, 5) is 11.6. The number of furan rings is 1. The van der Waals surface area contributed by atoms with Crippen molar-refractivity contribution in [3.63, 3.8) is 0 Å². The molecule has 0 fully saturated rings. The third kappa shape index (κ3) is 2.75. The third-order valence-electron chi connectivity index (χ3n) is 6.68. The number of fused-ring (bicyclic) bond motifs is 7. The van der Waals surface area contributed by atoms with Crippen molar-refractivity contribution in [2.75, 3.05) is 0 Å². The molecule has 0 amide bonds. The first kappa shape index (κ1) is 19.6. The molecule has 0 aliphatic heterocycles. The van der Waals surface area contributed by atoms with Crippen LogP contribution < -0.4 is 0 Å². The lowest BCUT2D eigenvalue weighted by Gasteiger charge is -2.10. The zero-order valence-electron chi connectivity index (χ0n) is 18.5. The Labute approximate surface area is 199 Å². The van der Waals surface area contributed by atoms with Crippen LogP contribution in [0, 0.1) is 10.1 Å². The fourth-order valence-electron chi connectivity index (χ4n) is 5.24. The van der Waals surface area contributed by atoms with Gasteiger partial charge in [-0.15, -0.1) is 0 Å². The molecule has 7 rings (SSSR count). The van der Waals surface area contributed by atoms with Crippen LogP contribution in [0.2, 0.25) is 0 Å². The number of hydrogen-bond acceptors (Lipinski definition) is 3. The summed E-state index contributed by atoms with van der Waals surface area (Å²) in [6, 6.07) is 35.4. The summed E-state index contributed by atoms with van der Waals surface area (Å²) < 4.78 is 8.69. The predicted octanol–water partition coefficient (Wildman–Crippen LogP) is 8.26. The number of benzene rings is 5. The van der Waals surface area contributed by atoms with Gasteiger partial charge in [-0.3, -0.25) is 10.1 Å². The van der Waals surface area contributed by atoms with E-state index >= 15 is 0 Å². The van der Waals surface area contributed by atoms with Gasteiger partial charge in [0.1, 0.15) is 11.2 Å². The Morgan fingerprint density at radius 1 is 0.686 bits per heavy atom. The Balaban J connectivity index is 1.77. The molecule has 166 valence electrons. The highest BCUT2D eigenvalue weighted by Gasteiger charge is 2.25. The van der Waals surface area contributed by atoms with Gasteiger partial charge < -0.3 is 8.98 Å². The van der Waals surface area contributed by atoms with Crippen LogP contribution in [0.4, 0.5) is 5.69 Å². The molecule has 5 nitrogen and oxygen atoms in total. The Hall–Kier alpha value is -4.90. The molecule has 0 bridgehead atoms. The van der Waals surface area contributed by atoms with E-state index in [1.165, 1.54) is 0 Å². The molecule has 0 atom stereocenters. The van der Waals surface area contributed by atoms with Crippen molar-refractivity contribution in [2.24, 2.45) is 0 Å². The van der Waals surface area contributed by atoms with Crippen LogP contribution in [0.3, 0.4) is 0 Å². The maximum absolute atomic E-state index is 11.9. The maximum Gasteiger partial charge on any atom is 0.277 e. The predicted molar refractivity (Wildman–Crippen MR) is 140 cm³/mol. The molecule has 0 saturated heterocycles. The Morgan fingerprint density at radius 3 is 2.20 bits per heavy atom. The first-order valence-electron chi connectivity index (χ1n) is 11.4. The van der Waals surface area contributed by atoms with Crippen LogP contribution in [0.25, 0.3) is 60.6 Å².